The molecule has 0 atom stereocenters. The van der Waals surface area contributed by atoms with E-state index >= 15 is 0 Å². The molecular weight excluding hydrogens is 259 g/mol. The third-order valence-corrected chi connectivity index (χ3v) is 2.15. The van der Waals surface area contributed by atoms with Gasteiger partial charge in [0.1, 0.15) is 11.0 Å². The normalized spacial score (nSPS) is 11.6. The van der Waals surface area contributed by atoms with Gasteiger partial charge in [0.05, 0.1) is 6.61 Å². The Morgan fingerprint density at radius 1 is 1.41 bits per heavy atom. The van der Waals surface area contributed by atoms with Gasteiger partial charge >= 0.3 is 6.18 Å². The van der Waals surface area contributed by atoms with E-state index in [1.165, 1.54) is 18.1 Å². The first-order valence-electron chi connectivity index (χ1n) is 4.66. The largest absolute Gasteiger partial charge is 0.451 e. The molecule has 8 heteroatoms. The summed E-state index contributed by atoms with van der Waals surface area (Å²) >= 11 is 5.53. The zero-order valence-corrected chi connectivity index (χ0v) is 10.0. The number of likely N-dealkylation sites (N-methyl/N-ethyl adjacent to an activating group) is 1. The Morgan fingerprint density at radius 2 is 2.06 bits per heavy atom. The summed E-state index contributed by atoms with van der Waals surface area (Å²) in [5.41, 5.74) is 0. The Balaban J connectivity index is 2.97. The molecule has 0 aromatic carbocycles. The maximum Gasteiger partial charge on any atom is 0.451 e. The summed E-state index contributed by atoms with van der Waals surface area (Å²) in [7, 11) is 3.10. The average Bonchev–Trinajstić information content (AvgIpc) is 2.23. The fourth-order valence-electron chi connectivity index (χ4n) is 1.07. The second-order valence-corrected chi connectivity index (χ2v) is 3.67. The van der Waals surface area contributed by atoms with Crippen molar-refractivity contribution in [1.82, 2.24) is 9.97 Å². The first-order chi connectivity index (χ1) is 7.84. The van der Waals surface area contributed by atoms with Crippen LogP contribution in [-0.4, -0.2) is 37.3 Å². The lowest BCUT2D eigenvalue weighted by Gasteiger charge is -2.18. The number of methoxy groups -OCH3 is 1. The quantitative estimate of drug-likeness (QED) is 0.786. The Hall–Kier alpha value is -1.08. The number of hydrogen-bond acceptors (Lipinski definition) is 4. The number of anilines is 1. The van der Waals surface area contributed by atoms with Crippen LogP contribution in [0.15, 0.2) is 6.07 Å². The van der Waals surface area contributed by atoms with Gasteiger partial charge in [-0.3, -0.25) is 0 Å². The maximum absolute atomic E-state index is 12.4. The number of hydrogen-bond donors (Lipinski definition) is 0. The standard InChI is InChI=1S/C9H11ClF3N3O/c1-16(3-4-17-2)7-5-6(10)14-8(15-7)9(11,12)13/h5H,3-4H2,1-2H3. The minimum Gasteiger partial charge on any atom is -0.383 e. The molecule has 0 fully saturated rings. The van der Waals surface area contributed by atoms with Crippen molar-refractivity contribution in [3.05, 3.63) is 17.0 Å². The predicted octanol–water partition coefficient (Wildman–Crippen LogP) is 2.23. The van der Waals surface area contributed by atoms with Crippen LogP contribution in [0, 0.1) is 0 Å². The summed E-state index contributed by atoms with van der Waals surface area (Å²) in [6.45, 7) is 0.778. The average molecular weight is 270 g/mol. The second-order valence-electron chi connectivity index (χ2n) is 3.28. The van der Waals surface area contributed by atoms with Crippen molar-refractivity contribution in [3.8, 4) is 0 Å². The molecule has 1 heterocycles. The second kappa shape index (κ2) is 5.50. The molecule has 0 amide bonds. The summed E-state index contributed by atoms with van der Waals surface area (Å²) in [5.74, 6) is -1.14. The molecule has 0 aliphatic heterocycles. The van der Waals surface area contributed by atoms with Crippen molar-refractivity contribution in [2.24, 2.45) is 0 Å². The van der Waals surface area contributed by atoms with E-state index in [0.717, 1.165) is 0 Å². The Bertz CT molecular complexity index is 386. The molecule has 4 nitrogen and oxygen atoms in total. The lowest BCUT2D eigenvalue weighted by atomic mass is 10.4. The van der Waals surface area contributed by atoms with Gasteiger partial charge in [-0.2, -0.15) is 13.2 Å². The molecule has 1 rings (SSSR count). The summed E-state index contributed by atoms with van der Waals surface area (Å²) in [5, 5.41) is -0.244. The monoisotopic (exact) mass is 269 g/mol. The molecule has 0 N–H and O–H groups in total. The van der Waals surface area contributed by atoms with Gasteiger partial charge in [-0.1, -0.05) is 11.6 Å². The van der Waals surface area contributed by atoms with Gasteiger partial charge < -0.3 is 9.64 Å². The van der Waals surface area contributed by atoms with Crippen molar-refractivity contribution in [2.45, 2.75) is 6.18 Å². The zero-order valence-electron chi connectivity index (χ0n) is 9.25. The number of alkyl halides is 3. The van der Waals surface area contributed by atoms with Gasteiger partial charge in [-0.25, -0.2) is 9.97 Å². The van der Waals surface area contributed by atoms with Crippen molar-refractivity contribution < 1.29 is 17.9 Å². The highest BCUT2D eigenvalue weighted by molar-refractivity contribution is 6.29. The summed E-state index contributed by atoms with van der Waals surface area (Å²) in [6, 6.07) is 1.27. The van der Waals surface area contributed by atoms with Crippen molar-refractivity contribution >= 4 is 17.4 Å². The van der Waals surface area contributed by atoms with Crippen molar-refractivity contribution in [1.29, 1.82) is 0 Å². The highest BCUT2D eigenvalue weighted by atomic mass is 35.5. The Morgan fingerprint density at radius 3 is 2.59 bits per heavy atom. The molecule has 0 saturated heterocycles. The summed E-state index contributed by atoms with van der Waals surface area (Å²) < 4.78 is 42.1. The van der Waals surface area contributed by atoms with E-state index in [0.29, 0.717) is 13.2 Å². The predicted molar refractivity (Wildman–Crippen MR) is 57.2 cm³/mol. The van der Waals surface area contributed by atoms with E-state index in [1.54, 1.807) is 7.05 Å². The zero-order chi connectivity index (χ0) is 13.1. The van der Waals surface area contributed by atoms with Crippen LogP contribution in [-0.2, 0) is 10.9 Å². The van der Waals surface area contributed by atoms with Gasteiger partial charge in [0.15, 0.2) is 0 Å². The fraction of sp³-hybridized carbons (Fsp3) is 0.556. The van der Waals surface area contributed by atoms with E-state index in [4.69, 9.17) is 16.3 Å². The highest BCUT2D eigenvalue weighted by Crippen LogP contribution is 2.28. The molecule has 17 heavy (non-hydrogen) atoms. The van der Waals surface area contributed by atoms with Crippen LogP contribution in [0.2, 0.25) is 5.15 Å². The van der Waals surface area contributed by atoms with Crippen molar-refractivity contribution in [3.63, 3.8) is 0 Å². The first kappa shape index (κ1) is 14.0. The van der Waals surface area contributed by atoms with Crippen LogP contribution in [0.25, 0.3) is 0 Å². The number of aromatic nitrogens is 2. The Kier molecular flexibility index (Phi) is 4.53. The highest BCUT2D eigenvalue weighted by Gasteiger charge is 2.35. The van der Waals surface area contributed by atoms with Gasteiger partial charge in [-0.15, -0.1) is 0 Å². The summed E-state index contributed by atoms with van der Waals surface area (Å²) in [4.78, 5) is 8.05. The van der Waals surface area contributed by atoms with Crippen LogP contribution in [0.5, 0.6) is 0 Å². The maximum atomic E-state index is 12.4. The topological polar surface area (TPSA) is 38.2 Å². The molecule has 0 unspecified atom stereocenters. The number of rotatable bonds is 4. The first-order valence-corrected chi connectivity index (χ1v) is 5.04. The van der Waals surface area contributed by atoms with Crippen LogP contribution in [0.3, 0.4) is 0 Å². The van der Waals surface area contributed by atoms with E-state index in [-0.39, 0.29) is 11.0 Å². The van der Waals surface area contributed by atoms with Crippen LogP contribution >= 0.6 is 11.6 Å². The van der Waals surface area contributed by atoms with Gasteiger partial charge in [0.2, 0.25) is 5.82 Å². The van der Waals surface area contributed by atoms with E-state index in [9.17, 15) is 13.2 Å². The lowest BCUT2D eigenvalue weighted by Crippen LogP contribution is -2.24. The fourth-order valence-corrected chi connectivity index (χ4v) is 1.25. The lowest BCUT2D eigenvalue weighted by molar-refractivity contribution is -0.144. The molecule has 0 aliphatic rings. The van der Waals surface area contributed by atoms with E-state index < -0.39 is 12.0 Å². The minimum atomic E-state index is -4.61. The third-order valence-electron chi connectivity index (χ3n) is 1.96. The van der Waals surface area contributed by atoms with E-state index in [2.05, 4.69) is 9.97 Å². The SMILES string of the molecule is COCCN(C)c1cc(Cl)nc(C(F)(F)F)n1. The molecule has 0 saturated carbocycles. The smallest absolute Gasteiger partial charge is 0.383 e. The molecule has 0 bridgehead atoms. The number of ether oxygens (including phenoxy) is 1. The molecule has 0 aliphatic carbocycles. The van der Waals surface area contributed by atoms with E-state index in [1.807, 2.05) is 0 Å². The van der Waals surface area contributed by atoms with Crippen LogP contribution < -0.4 is 4.90 Å². The number of nitrogens with zero attached hydrogens (tertiary/aromatic N) is 3. The molecule has 1 aromatic heterocycles. The van der Waals surface area contributed by atoms with Crippen LogP contribution in [0.4, 0.5) is 19.0 Å². The van der Waals surface area contributed by atoms with Crippen molar-refractivity contribution in [2.75, 3.05) is 32.2 Å². The number of halogens is 4. The summed E-state index contributed by atoms with van der Waals surface area (Å²) in [6.07, 6.45) is -4.61. The Labute approximate surface area is 101 Å². The molecule has 0 spiro atoms. The minimum absolute atomic E-state index is 0.106. The van der Waals surface area contributed by atoms with Gasteiger partial charge in [-0.05, 0) is 0 Å². The molecule has 0 radical (unpaired) electrons. The molecular formula is C9H11ClF3N3O. The molecule has 96 valence electrons. The van der Waals surface area contributed by atoms with Gasteiger partial charge in [0, 0.05) is 26.8 Å². The van der Waals surface area contributed by atoms with Gasteiger partial charge in [0.25, 0.3) is 0 Å². The third kappa shape index (κ3) is 4.01. The van der Waals surface area contributed by atoms with Crippen LogP contribution in [0.1, 0.15) is 5.82 Å². The molecule has 1 aromatic rings.